The second-order valence-corrected chi connectivity index (χ2v) is 6.98. The van der Waals surface area contributed by atoms with Gasteiger partial charge in [-0.1, -0.05) is 6.07 Å². The maximum atomic E-state index is 12.8. The normalized spacial score (nSPS) is 24.7. The monoisotopic (exact) mass is 342 g/mol. The van der Waals surface area contributed by atoms with Gasteiger partial charge in [0.1, 0.15) is 0 Å². The standard InChI is InChI=1S/C19H22N2O4/c22-18(14-2-1-12-3-7-20-16(12)11-14)21-8-4-13(5-9-21)17-15(19(23)24)6-10-25-17/h1-3,7,11,13,15,17,20H,4-6,8-10H2,(H,23,24)/t15?,17-/m0/s1. The number of amides is 1. The van der Waals surface area contributed by atoms with Crippen molar-refractivity contribution in [3.05, 3.63) is 36.0 Å². The Morgan fingerprint density at radius 1 is 1.16 bits per heavy atom. The van der Waals surface area contributed by atoms with Gasteiger partial charge in [0.25, 0.3) is 5.91 Å². The van der Waals surface area contributed by atoms with Crippen LogP contribution in [-0.2, 0) is 9.53 Å². The highest BCUT2D eigenvalue weighted by Crippen LogP contribution is 2.33. The van der Waals surface area contributed by atoms with Crippen LogP contribution in [0.15, 0.2) is 30.5 Å². The first-order valence-electron chi connectivity index (χ1n) is 8.84. The summed E-state index contributed by atoms with van der Waals surface area (Å²) < 4.78 is 5.70. The molecule has 132 valence electrons. The molecule has 2 atom stereocenters. The summed E-state index contributed by atoms with van der Waals surface area (Å²) in [5.74, 6) is -0.904. The van der Waals surface area contributed by atoms with Gasteiger partial charge < -0.3 is 19.7 Å². The third kappa shape index (κ3) is 3.02. The van der Waals surface area contributed by atoms with Crippen molar-refractivity contribution in [2.24, 2.45) is 11.8 Å². The smallest absolute Gasteiger partial charge is 0.309 e. The number of hydrogen-bond donors (Lipinski definition) is 2. The zero-order chi connectivity index (χ0) is 17.4. The van der Waals surface area contributed by atoms with E-state index in [-0.39, 0.29) is 17.9 Å². The molecule has 2 aromatic rings. The number of carboxylic acid groups (broad SMARTS) is 1. The lowest BCUT2D eigenvalue weighted by Gasteiger charge is -2.35. The molecule has 0 aliphatic carbocycles. The fourth-order valence-electron chi connectivity index (χ4n) is 4.13. The number of carbonyl (C=O) groups is 2. The number of nitrogens with one attached hydrogen (secondary N) is 1. The maximum absolute atomic E-state index is 12.8. The number of aromatic nitrogens is 1. The van der Waals surface area contributed by atoms with Gasteiger partial charge in [-0.2, -0.15) is 0 Å². The molecule has 6 nitrogen and oxygen atoms in total. The van der Waals surface area contributed by atoms with Crippen LogP contribution in [0.2, 0.25) is 0 Å². The third-order valence-electron chi connectivity index (χ3n) is 5.55. The zero-order valence-corrected chi connectivity index (χ0v) is 14.0. The molecule has 2 saturated heterocycles. The first-order valence-corrected chi connectivity index (χ1v) is 8.84. The number of ether oxygens (including phenoxy) is 1. The van der Waals surface area contributed by atoms with Crippen LogP contribution in [0.3, 0.4) is 0 Å². The van der Waals surface area contributed by atoms with Crippen molar-refractivity contribution < 1.29 is 19.4 Å². The molecule has 25 heavy (non-hydrogen) atoms. The number of piperidine rings is 1. The molecule has 1 aromatic heterocycles. The molecule has 0 saturated carbocycles. The highest BCUT2D eigenvalue weighted by Gasteiger charge is 2.40. The summed E-state index contributed by atoms with van der Waals surface area (Å²) in [5, 5.41) is 10.4. The minimum atomic E-state index is -0.764. The van der Waals surface area contributed by atoms with Crippen LogP contribution < -0.4 is 0 Å². The number of carbonyl (C=O) groups excluding carboxylic acids is 1. The number of fused-ring (bicyclic) bond motifs is 1. The molecule has 2 aliphatic heterocycles. The van der Waals surface area contributed by atoms with E-state index in [1.54, 1.807) is 0 Å². The molecule has 4 rings (SSSR count). The van der Waals surface area contributed by atoms with Gasteiger partial charge in [0.2, 0.25) is 0 Å². The van der Waals surface area contributed by atoms with Crippen LogP contribution in [0.1, 0.15) is 29.6 Å². The summed E-state index contributed by atoms with van der Waals surface area (Å²) in [7, 11) is 0. The van der Waals surface area contributed by atoms with E-state index in [1.165, 1.54) is 0 Å². The van der Waals surface area contributed by atoms with Gasteiger partial charge in [0, 0.05) is 37.0 Å². The lowest BCUT2D eigenvalue weighted by molar-refractivity contribution is -0.145. The number of H-pyrrole nitrogens is 1. The molecule has 2 N–H and O–H groups in total. The minimum Gasteiger partial charge on any atom is -0.481 e. The summed E-state index contributed by atoms with van der Waals surface area (Å²) >= 11 is 0. The number of rotatable bonds is 3. The fourth-order valence-corrected chi connectivity index (χ4v) is 4.13. The number of aromatic amines is 1. The Hall–Kier alpha value is -2.34. The number of carboxylic acids is 1. The van der Waals surface area contributed by atoms with Crippen LogP contribution in [0.4, 0.5) is 0 Å². The van der Waals surface area contributed by atoms with Gasteiger partial charge in [-0.3, -0.25) is 9.59 Å². The third-order valence-corrected chi connectivity index (χ3v) is 5.55. The van der Waals surface area contributed by atoms with Crippen LogP contribution in [0, 0.1) is 11.8 Å². The quantitative estimate of drug-likeness (QED) is 0.898. The van der Waals surface area contributed by atoms with E-state index in [0.29, 0.717) is 31.7 Å². The number of aliphatic carboxylic acids is 1. The van der Waals surface area contributed by atoms with Crippen LogP contribution in [0.25, 0.3) is 10.9 Å². The second kappa shape index (κ2) is 6.52. The van der Waals surface area contributed by atoms with Crippen molar-refractivity contribution in [2.75, 3.05) is 19.7 Å². The van der Waals surface area contributed by atoms with Gasteiger partial charge in [-0.15, -0.1) is 0 Å². The maximum Gasteiger partial charge on any atom is 0.309 e. The first kappa shape index (κ1) is 16.1. The summed E-state index contributed by atoms with van der Waals surface area (Å²) in [6.45, 7) is 1.83. The van der Waals surface area contributed by atoms with Crippen molar-refractivity contribution in [3.63, 3.8) is 0 Å². The molecule has 2 aliphatic rings. The van der Waals surface area contributed by atoms with Gasteiger partial charge in [-0.25, -0.2) is 0 Å². The summed E-state index contributed by atoms with van der Waals surface area (Å²) in [4.78, 5) is 29.1. The van der Waals surface area contributed by atoms with Gasteiger partial charge in [0.05, 0.1) is 12.0 Å². The Kier molecular flexibility index (Phi) is 4.21. The number of likely N-dealkylation sites (tertiary alicyclic amines) is 1. The lowest BCUT2D eigenvalue weighted by Crippen LogP contribution is -2.43. The molecule has 0 spiro atoms. The summed E-state index contributed by atoms with van der Waals surface area (Å²) in [6, 6.07) is 7.70. The van der Waals surface area contributed by atoms with E-state index in [4.69, 9.17) is 4.74 Å². The van der Waals surface area contributed by atoms with Gasteiger partial charge >= 0.3 is 5.97 Å². The Morgan fingerprint density at radius 3 is 2.72 bits per heavy atom. The highest BCUT2D eigenvalue weighted by molar-refractivity contribution is 5.98. The van der Waals surface area contributed by atoms with E-state index < -0.39 is 11.9 Å². The van der Waals surface area contributed by atoms with E-state index in [9.17, 15) is 14.7 Å². The molecular formula is C19H22N2O4. The van der Waals surface area contributed by atoms with E-state index in [0.717, 1.165) is 23.7 Å². The molecule has 1 unspecified atom stereocenters. The van der Waals surface area contributed by atoms with Crippen molar-refractivity contribution in [1.29, 1.82) is 0 Å². The minimum absolute atomic E-state index is 0.0390. The van der Waals surface area contributed by atoms with Crippen molar-refractivity contribution in [2.45, 2.75) is 25.4 Å². The van der Waals surface area contributed by atoms with E-state index >= 15 is 0 Å². The first-order chi connectivity index (χ1) is 12.1. The Bertz CT molecular complexity index is 792. The van der Waals surface area contributed by atoms with Gasteiger partial charge in [-0.05, 0) is 48.8 Å². The zero-order valence-electron chi connectivity index (χ0n) is 14.0. The Morgan fingerprint density at radius 2 is 1.96 bits per heavy atom. The van der Waals surface area contributed by atoms with Crippen molar-refractivity contribution in [3.8, 4) is 0 Å². The second-order valence-electron chi connectivity index (χ2n) is 6.98. The molecule has 6 heteroatoms. The highest BCUT2D eigenvalue weighted by atomic mass is 16.5. The number of benzene rings is 1. The topological polar surface area (TPSA) is 82.6 Å². The predicted molar refractivity (Wildman–Crippen MR) is 92.4 cm³/mol. The average molecular weight is 342 g/mol. The number of nitrogens with zero attached hydrogens (tertiary/aromatic N) is 1. The molecular weight excluding hydrogens is 320 g/mol. The van der Waals surface area contributed by atoms with E-state index in [1.807, 2.05) is 35.4 Å². The molecule has 1 aromatic carbocycles. The molecule has 1 amide bonds. The summed E-state index contributed by atoms with van der Waals surface area (Å²) in [6.07, 6.45) is 3.85. The van der Waals surface area contributed by atoms with Crippen LogP contribution >= 0.6 is 0 Å². The van der Waals surface area contributed by atoms with E-state index in [2.05, 4.69) is 4.98 Å². The molecule has 0 bridgehead atoms. The SMILES string of the molecule is O=C(O)C1CCO[C@H]1C1CCN(C(=O)c2ccc3cc[nH]c3c2)CC1. The van der Waals surface area contributed by atoms with Crippen LogP contribution in [0.5, 0.6) is 0 Å². The van der Waals surface area contributed by atoms with Crippen molar-refractivity contribution in [1.82, 2.24) is 9.88 Å². The fraction of sp³-hybridized carbons (Fsp3) is 0.474. The molecule has 3 heterocycles. The van der Waals surface area contributed by atoms with Gasteiger partial charge in [0.15, 0.2) is 0 Å². The van der Waals surface area contributed by atoms with Crippen LogP contribution in [-0.4, -0.2) is 52.7 Å². The Labute approximate surface area is 145 Å². The predicted octanol–water partition coefficient (Wildman–Crippen LogP) is 2.51. The number of hydrogen-bond acceptors (Lipinski definition) is 3. The molecule has 2 fully saturated rings. The lowest BCUT2D eigenvalue weighted by atomic mass is 9.84. The Balaban J connectivity index is 1.41. The van der Waals surface area contributed by atoms with Crippen molar-refractivity contribution >= 4 is 22.8 Å². The largest absolute Gasteiger partial charge is 0.481 e. The molecule has 0 radical (unpaired) electrons. The summed E-state index contributed by atoms with van der Waals surface area (Å²) in [5.41, 5.74) is 1.65. The average Bonchev–Trinajstić information content (AvgIpc) is 3.29.